The first kappa shape index (κ1) is 45.4. The third-order valence-corrected chi connectivity index (χ3v) is 15.9. The number of methoxy groups -OCH3 is 1. The maximum absolute atomic E-state index is 13.5. The number of carbonyl (C=O) groups is 4. The number of piperazine rings is 1. The summed E-state index contributed by atoms with van der Waals surface area (Å²) in [6, 6.07) is 13.1. The van der Waals surface area contributed by atoms with E-state index in [9.17, 15) is 19.2 Å². The van der Waals surface area contributed by atoms with Crippen molar-refractivity contribution in [2.75, 3.05) is 75.2 Å². The predicted molar refractivity (Wildman–Crippen MR) is 267 cm³/mol. The summed E-state index contributed by atoms with van der Waals surface area (Å²) >= 11 is 3.68. The number of carbonyl (C=O) groups excluding carboxylic acids is 4. The van der Waals surface area contributed by atoms with E-state index < -0.39 is 29.7 Å². The second-order valence-electron chi connectivity index (χ2n) is 18.2. The molecule has 352 valence electrons. The van der Waals surface area contributed by atoms with Crippen LogP contribution in [0.25, 0.3) is 11.1 Å². The fourth-order valence-electron chi connectivity index (χ4n) is 10.1. The van der Waals surface area contributed by atoms with Crippen LogP contribution < -0.4 is 36.2 Å². The van der Waals surface area contributed by atoms with Crippen molar-refractivity contribution in [1.29, 1.82) is 0 Å². The van der Waals surface area contributed by atoms with Gasteiger partial charge < -0.3 is 35.4 Å². The molecule has 0 aliphatic carbocycles. The van der Waals surface area contributed by atoms with E-state index in [0.29, 0.717) is 17.5 Å². The SMILES string of the molecule is COc1cc([C@H]2CNCCN2C2=CN(C3CN(c4ccc5c(c4)C(=O)N(C4CCC(=O)NC4=O)C5=O)C3)CC2)c(-c2cnn(C)c2)cc1Nc1ncc(Br)c(Nc2ccc(C)c(C)c2P(C)C)n1. The van der Waals surface area contributed by atoms with Gasteiger partial charge in [0.2, 0.25) is 17.8 Å². The Morgan fingerprint density at radius 2 is 1.71 bits per heavy atom. The van der Waals surface area contributed by atoms with Crippen molar-refractivity contribution in [2.24, 2.45) is 7.05 Å². The van der Waals surface area contributed by atoms with Gasteiger partial charge in [-0.3, -0.25) is 34.1 Å². The van der Waals surface area contributed by atoms with Gasteiger partial charge in [0.15, 0.2) is 0 Å². The maximum Gasteiger partial charge on any atom is 0.262 e. The number of halogens is 1. The van der Waals surface area contributed by atoms with Crippen LogP contribution in [0.3, 0.4) is 0 Å². The fourth-order valence-corrected chi connectivity index (χ4v) is 11.9. The highest BCUT2D eigenvalue weighted by Crippen LogP contribution is 2.43. The van der Waals surface area contributed by atoms with Crippen LogP contribution in [0.2, 0.25) is 0 Å². The first-order valence-corrected chi connectivity index (χ1v) is 25.9. The molecule has 3 fully saturated rings. The summed E-state index contributed by atoms with van der Waals surface area (Å²) in [5.41, 5.74) is 10.1. The second-order valence-corrected chi connectivity index (χ2v) is 21.3. The van der Waals surface area contributed by atoms with Gasteiger partial charge in [-0.1, -0.05) is 14.0 Å². The Kier molecular flexibility index (Phi) is 12.2. The zero-order valence-corrected chi connectivity index (χ0v) is 41.4. The number of hydrogen-bond acceptors (Lipinski definition) is 14. The molecule has 5 aliphatic heterocycles. The average Bonchev–Trinajstić information content (AvgIpc) is 4.03. The predicted octanol–water partition coefficient (Wildman–Crippen LogP) is 5.90. The summed E-state index contributed by atoms with van der Waals surface area (Å²) in [6.07, 6.45) is 9.11. The molecule has 5 aromatic rings. The van der Waals surface area contributed by atoms with Crippen LogP contribution in [-0.2, 0) is 16.6 Å². The number of hydrogen-bond donors (Lipinski definition) is 4. The molecule has 19 heteroatoms. The first-order valence-electron chi connectivity index (χ1n) is 22.9. The highest BCUT2D eigenvalue weighted by molar-refractivity contribution is 9.10. The number of benzene rings is 3. The van der Waals surface area contributed by atoms with E-state index >= 15 is 0 Å². The highest BCUT2D eigenvalue weighted by atomic mass is 79.9. The normalized spacial score (nSPS) is 19.7. The van der Waals surface area contributed by atoms with Gasteiger partial charge in [0, 0.05) is 106 Å². The van der Waals surface area contributed by atoms with Gasteiger partial charge >= 0.3 is 0 Å². The fraction of sp³-hybridized carbons (Fsp3) is 0.367. The van der Waals surface area contributed by atoms with Crippen molar-refractivity contribution < 1.29 is 23.9 Å². The molecule has 0 spiro atoms. The van der Waals surface area contributed by atoms with Crippen molar-refractivity contribution in [2.45, 2.75) is 51.2 Å². The molecule has 0 saturated carbocycles. The van der Waals surface area contributed by atoms with Gasteiger partial charge in [-0.25, -0.2) is 4.98 Å². The van der Waals surface area contributed by atoms with E-state index in [1.165, 1.54) is 22.1 Å². The van der Waals surface area contributed by atoms with Gasteiger partial charge in [0.05, 0.1) is 46.7 Å². The number of anilines is 5. The van der Waals surface area contributed by atoms with Crippen LogP contribution in [0, 0.1) is 13.8 Å². The highest BCUT2D eigenvalue weighted by Gasteiger charge is 2.45. The third-order valence-electron chi connectivity index (χ3n) is 13.8. The minimum Gasteiger partial charge on any atom is -0.495 e. The summed E-state index contributed by atoms with van der Waals surface area (Å²) in [5.74, 6) is -0.275. The molecule has 17 nitrogen and oxygen atoms in total. The van der Waals surface area contributed by atoms with Crippen LogP contribution in [0.1, 0.15) is 62.7 Å². The lowest BCUT2D eigenvalue weighted by Crippen LogP contribution is -2.57. The Bertz CT molecular complexity index is 2920. The van der Waals surface area contributed by atoms with Crippen LogP contribution in [-0.4, -0.2) is 130 Å². The molecule has 0 radical (unpaired) electrons. The van der Waals surface area contributed by atoms with E-state index in [1.54, 1.807) is 25.4 Å². The molecule has 2 aromatic heterocycles. The lowest BCUT2D eigenvalue weighted by Gasteiger charge is -2.45. The van der Waals surface area contributed by atoms with Crippen molar-refractivity contribution in [3.8, 4) is 16.9 Å². The Morgan fingerprint density at radius 1 is 0.897 bits per heavy atom. The summed E-state index contributed by atoms with van der Waals surface area (Å²) in [5, 5.41) is 18.9. The maximum atomic E-state index is 13.5. The van der Waals surface area contributed by atoms with Crippen LogP contribution in [0.5, 0.6) is 5.75 Å². The minimum absolute atomic E-state index is 0.00750. The summed E-state index contributed by atoms with van der Waals surface area (Å²) in [4.78, 5) is 68.9. The second kappa shape index (κ2) is 18.3. The Balaban J connectivity index is 0.874. The number of nitrogens with zero attached hydrogens (tertiary/aromatic N) is 8. The lowest BCUT2D eigenvalue weighted by atomic mass is 9.92. The van der Waals surface area contributed by atoms with Crippen molar-refractivity contribution in [3.05, 3.63) is 105 Å². The third kappa shape index (κ3) is 8.36. The van der Waals surface area contributed by atoms with E-state index in [-0.39, 0.29) is 44.0 Å². The van der Waals surface area contributed by atoms with Gasteiger partial charge in [-0.05, 0) is 108 Å². The Morgan fingerprint density at radius 3 is 2.46 bits per heavy atom. The molecule has 68 heavy (non-hydrogen) atoms. The van der Waals surface area contributed by atoms with Crippen LogP contribution in [0.4, 0.5) is 28.8 Å². The number of nitrogens with one attached hydrogen (secondary N) is 4. The molecule has 10 rings (SSSR count). The van der Waals surface area contributed by atoms with E-state index in [0.717, 1.165) is 88.8 Å². The largest absolute Gasteiger partial charge is 0.495 e. The van der Waals surface area contributed by atoms with Crippen LogP contribution >= 0.6 is 23.9 Å². The molecule has 0 bridgehead atoms. The van der Waals surface area contributed by atoms with Crippen molar-refractivity contribution in [1.82, 2.24) is 45.1 Å². The topological polar surface area (TPSA) is 182 Å². The van der Waals surface area contributed by atoms with Gasteiger partial charge in [-0.15, -0.1) is 0 Å². The molecule has 7 heterocycles. The smallest absolute Gasteiger partial charge is 0.262 e. The quantitative estimate of drug-likeness (QED) is 0.0857. The molecule has 4 amide bonds. The number of aromatic nitrogens is 4. The molecular weight excluding hydrogens is 947 g/mol. The summed E-state index contributed by atoms with van der Waals surface area (Å²) in [6.45, 7) is 13.7. The Hall–Kier alpha value is -6.36. The molecule has 3 saturated heterocycles. The zero-order chi connectivity index (χ0) is 47.5. The van der Waals surface area contributed by atoms with E-state index in [4.69, 9.17) is 9.72 Å². The van der Waals surface area contributed by atoms with Gasteiger partial charge in [0.1, 0.15) is 17.6 Å². The molecule has 5 aliphatic rings. The average molecular weight is 1000 g/mol. The summed E-state index contributed by atoms with van der Waals surface area (Å²) < 4.78 is 8.69. The van der Waals surface area contributed by atoms with Crippen LogP contribution in [0.15, 0.2) is 77.4 Å². The van der Waals surface area contributed by atoms with E-state index in [2.05, 4.69) is 120 Å². The molecular formula is C49H54BrN12O5P. The van der Waals surface area contributed by atoms with Gasteiger partial charge in [0.25, 0.3) is 11.8 Å². The van der Waals surface area contributed by atoms with E-state index in [1.807, 2.05) is 30.2 Å². The number of fused-ring (bicyclic) bond motifs is 1. The molecule has 1 unspecified atom stereocenters. The van der Waals surface area contributed by atoms with Crippen molar-refractivity contribution in [3.63, 3.8) is 0 Å². The monoisotopic (exact) mass is 1000 g/mol. The molecule has 2 atom stereocenters. The number of amides is 4. The minimum atomic E-state index is -0.994. The van der Waals surface area contributed by atoms with Crippen molar-refractivity contribution >= 4 is 81.6 Å². The van der Waals surface area contributed by atoms with Gasteiger partial charge in [-0.2, -0.15) is 10.1 Å². The zero-order valence-electron chi connectivity index (χ0n) is 38.9. The first-order chi connectivity index (χ1) is 32.8. The molecule has 3 aromatic carbocycles. The molecule has 4 N–H and O–H groups in total. The number of piperidine rings is 1. The number of aryl methyl sites for hydroxylation is 2. The lowest BCUT2D eigenvalue weighted by molar-refractivity contribution is -0.136. The number of imide groups is 2. The number of ether oxygens (including phenoxy) is 1. The number of rotatable bonds is 12. The standard InChI is InChI=1S/C49H54BrN12O5P/c1-27-7-10-38(44(28(27)2)68(5)6)54-45-37(50)21-52-49(57-45)55-39-18-34(29-20-53-58(3)23-29)35(19-42(39)67-4)41-22-51-14-16-61(41)31-13-15-59(24-31)32-25-60(26-32)30-8-9-33-36(17-30)48(66)62(47(33)65)40-11-12-43(63)56-46(40)64/h7-10,17-21,23-24,32,40-41,51H,11-16,22,25-26H2,1-6H3,(H,56,63,64)(H2,52,54,55,57)/t40?,41-/m1/s1. The summed E-state index contributed by atoms with van der Waals surface area (Å²) in [7, 11) is 3.23. The Labute approximate surface area is 404 Å².